The van der Waals surface area contributed by atoms with E-state index in [1.807, 2.05) is 13.8 Å². The molecule has 2 N–H and O–H groups in total. The van der Waals surface area contributed by atoms with Crippen molar-refractivity contribution >= 4 is 17.2 Å². The van der Waals surface area contributed by atoms with Gasteiger partial charge < -0.3 is 10.3 Å². The van der Waals surface area contributed by atoms with Gasteiger partial charge in [-0.05, 0) is 19.9 Å². The molecule has 2 heterocycles. The number of rotatable bonds is 2. The van der Waals surface area contributed by atoms with E-state index in [0.717, 1.165) is 15.6 Å². The van der Waals surface area contributed by atoms with Gasteiger partial charge in [0.25, 0.3) is 0 Å². The van der Waals surface area contributed by atoms with E-state index in [1.165, 1.54) is 17.4 Å². The molecule has 0 spiro atoms. The second kappa shape index (κ2) is 4.72. The molecule has 0 saturated heterocycles. The van der Waals surface area contributed by atoms with E-state index in [9.17, 15) is 4.39 Å². The second-order valence-corrected chi connectivity index (χ2v) is 5.60. The van der Waals surface area contributed by atoms with Crippen LogP contribution in [-0.4, -0.2) is 10.1 Å². The molecule has 0 saturated carbocycles. The Morgan fingerprint density at radius 3 is 2.65 bits per heavy atom. The molecule has 0 aliphatic rings. The third-order valence-corrected chi connectivity index (χ3v) is 4.06. The smallest absolute Gasteiger partial charge is 0.230 e. The highest BCUT2D eigenvalue weighted by Gasteiger charge is 2.22. The first-order chi connectivity index (χ1) is 9.58. The Bertz CT molecular complexity index is 779. The lowest BCUT2D eigenvalue weighted by Crippen LogP contribution is -1.90. The summed E-state index contributed by atoms with van der Waals surface area (Å²) in [7, 11) is 0. The van der Waals surface area contributed by atoms with Crippen LogP contribution in [0.5, 0.6) is 0 Å². The van der Waals surface area contributed by atoms with Crippen LogP contribution in [0.3, 0.4) is 0 Å². The van der Waals surface area contributed by atoms with Crippen molar-refractivity contribution in [3.05, 3.63) is 40.8 Å². The summed E-state index contributed by atoms with van der Waals surface area (Å²) in [5, 5.41) is 4.90. The van der Waals surface area contributed by atoms with Crippen molar-refractivity contribution in [2.75, 3.05) is 5.73 Å². The quantitative estimate of drug-likeness (QED) is 0.779. The van der Waals surface area contributed by atoms with Crippen LogP contribution < -0.4 is 5.73 Å². The summed E-state index contributed by atoms with van der Waals surface area (Å²) in [6.07, 6.45) is 0. The lowest BCUT2D eigenvalue weighted by molar-refractivity contribution is 0.439. The molecule has 0 aliphatic carbocycles. The van der Waals surface area contributed by atoms with E-state index >= 15 is 0 Å². The van der Waals surface area contributed by atoms with Crippen LogP contribution in [-0.2, 0) is 0 Å². The Hall–Kier alpha value is -2.21. The zero-order chi connectivity index (χ0) is 14.3. The van der Waals surface area contributed by atoms with E-state index < -0.39 is 0 Å². The number of anilines is 1. The number of aryl methyl sites for hydroxylation is 2. The third-order valence-electron chi connectivity index (χ3n) is 2.98. The van der Waals surface area contributed by atoms with Crippen molar-refractivity contribution in [2.24, 2.45) is 0 Å². The minimum Gasteiger partial charge on any atom is -0.367 e. The van der Waals surface area contributed by atoms with Crippen molar-refractivity contribution in [3.8, 4) is 21.7 Å². The van der Waals surface area contributed by atoms with Crippen molar-refractivity contribution < 1.29 is 8.91 Å². The zero-order valence-corrected chi connectivity index (χ0v) is 11.8. The van der Waals surface area contributed by atoms with Gasteiger partial charge in [0.15, 0.2) is 0 Å². The predicted octanol–water partition coefficient (Wildman–Crippen LogP) is 3.80. The maximum absolute atomic E-state index is 14.0. The SMILES string of the molecule is Cc1nc(C)c(-c2noc(N)c2-c2ccccc2F)s1. The summed E-state index contributed by atoms with van der Waals surface area (Å²) in [5.74, 6) is -0.252. The largest absolute Gasteiger partial charge is 0.367 e. The summed E-state index contributed by atoms with van der Waals surface area (Å²) in [6, 6.07) is 6.42. The van der Waals surface area contributed by atoms with Gasteiger partial charge in [-0.2, -0.15) is 0 Å². The van der Waals surface area contributed by atoms with Gasteiger partial charge in [0, 0.05) is 5.56 Å². The number of hydrogen-bond donors (Lipinski definition) is 1. The second-order valence-electron chi connectivity index (χ2n) is 4.40. The van der Waals surface area contributed by atoms with Crippen molar-refractivity contribution in [1.82, 2.24) is 10.1 Å². The highest BCUT2D eigenvalue weighted by Crippen LogP contribution is 2.40. The molecule has 0 bridgehead atoms. The van der Waals surface area contributed by atoms with Crippen LogP contribution in [0.25, 0.3) is 21.7 Å². The molecule has 0 radical (unpaired) electrons. The molecule has 3 rings (SSSR count). The summed E-state index contributed by atoms with van der Waals surface area (Å²) >= 11 is 1.48. The average Bonchev–Trinajstić information content (AvgIpc) is 2.93. The molecule has 20 heavy (non-hydrogen) atoms. The normalized spacial score (nSPS) is 10.9. The molecule has 4 nitrogen and oxygen atoms in total. The third kappa shape index (κ3) is 1.98. The van der Waals surface area contributed by atoms with E-state index in [2.05, 4.69) is 10.1 Å². The molecule has 2 aromatic heterocycles. The molecule has 0 amide bonds. The van der Waals surface area contributed by atoms with Crippen molar-refractivity contribution in [3.63, 3.8) is 0 Å². The molecule has 3 aromatic rings. The highest BCUT2D eigenvalue weighted by atomic mass is 32.1. The Morgan fingerprint density at radius 2 is 2.00 bits per heavy atom. The molecule has 1 aromatic carbocycles. The molecule has 6 heteroatoms. The van der Waals surface area contributed by atoms with Gasteiger partial charge in [-0.15, -0.1) is 11.3 Å². The number of thiazole rings is 1. The molecular weight excluding hydrogens is 277 g/mol. The van der Waals surface area contributed by atoms with E-state index in [0.29, 0.717) is 16.8 Å². The summed E-state index contributed by atoms with van der Waals surface area (Å²) < 4.78 is 19.1. The van der Waals surface area contributed by atoms with E-state index in [1.54, 1.807) is 18.2 Å². The van der Waals surface area contributed by atoms with Crippen LogP contribution in [0.2, 0.25) is 0 Å². The Balaban J connectivity index is 2.26. The van der Waals surface area contributed by atoms with E-state index in [-0.39, 0.29) is 11.7 Å². The maximum Gasteiger partial charge on any atom is 0.230 e. The fourth-order valence-corrected chi connectivity index (χ4v) is 3.04. The fraction of sp³-hybridized carbons (Fsp3) is 0.143. The lowest BCUT2D eigenvalue weighted by atomic mass is 10.0. The van der Waals surface area contributed by atoms with Gasteiger partial charge in [-0.1, -0.05) is 23.4 Å². The molecule has 102 valence electrons. The number of nitrogen functional groups attached to an aromatic ring is 1. The van der Waals surface area contributed by atoms with Crippen LogP contribution in [0.15, 0.2) is 28.8 Å². The number of halogens is 1. The van der Waals surface area contributed by atoms with Crippen LogP contribution >= 0.6 is 11.3 Å². The first-order valence-corrected chi connectivity index (χ1v) is 6.84. The van der Waals surface area contributed by atoms with Crippen LogP contribution in [0, 0.1) is 19.7 Å². The Kier molecular flexibility index (Phi) is 3.02. The monoisotopic (exact) mass is 289 g/mol. The van der Waals surface area contributed by atoms with E-state index in [4.69, 9.17) is 10.3 Å². The lowest BCUT2D eigenvalue weighted by Gasteiger charge is -2.03. The topological polar surface area (TPSA) is 64.9 Å². The Morgan fingerprint density at radius 1 is 1.25 bits per heavy atom. The minimum absolute atomic E-state index is 0.107. The first-order valence-electron chi connectivity index (χ1n) is 6.02. The van der Waals surface area contributed by atoms with Gasteiger partial charge in [0.2, 0.25) is 5.88 Å². The minimum atomic E-state index is -0.359. The number of benzene rings is 1. The standard InChI is InChI=1S/C14H12FN3OS/c1-7-13(20-8(2)17-7)12-11(14(16)19-18-12)9-5-3-4-6-10(9)15/h3-6H,16H2,1-2H3. The van der Waals surface area contributed by atoms with Crippen molar-refractivity contribution in [2.45, 2.75) is 13.8 Å². The molecule has 0 fully saturated rings. The zero-order valence-electron chi connectivity index (χ0n) is 11.0. The molecule has 0 atom stereocenters. The fourth-order valence-electron chi connectivity index (χ4n) is 2.13. The predicted molar refractivity (Wildman–Crippen MR) is 76.9 cm³/mol. The Labute approximate surface area is 119 Å². The summed E-state index contributed by atoms with van der Waals surface area (Å²) in [6.45, 7) is 3.79. The molecule has 0 aliphatic heterocycles. The molecular formula is C14H12FN3OS. The van der Waals surface area contributed by atoms with Crippen LogP contribution in [0.1, 0.15) is 10.7 Å². The number of nitrogens with zero attached hydrogens (tertiary/aromatic N) is 2. The highest BCUT2D eigenvalue weighted by molar-refractivity contribution is 7.15. The maximum atomic E-state index is 14.0. The van der Waals surface area contributed by atoms with Gasteiger partial charge in [-0.3, -0.25) is 0 Å². The molecule has 0 unspecified atom stereocenters. The van der Waals surface area contributed by atoms with Gasteiger partial charge in [-0.25, -0.2) is 9.37 Å². The van der Waals surface area contributed by atoms with Gasteiger partial charge in [0.1, 0.15) is 11.5 Å². The average molecular weight is 289 g/mol. The van der Waals surface area contributed by atoms with Gasteiger partial charge >= 0.3 is 0 Å². The summed E-state index contributed by atoms with van der Waals surface area (Å²) in [5.41, 5.74) is 8.06. The first kappa shape index (κ1) is 12.8. The number of nitrogens with two attached hydrogens (primary N) is 1. The summed E-state index contributed by atoms with van der Waals surface area (Å²) in [4.78, 5) is 5.20. The van der Waals surface area contributed by atoms with Gasteiger partial charge in [0.05, 0.1) is 21.1 Å². The van der Waals surface area contributed by atoms with Crippen LogP contribution in [0.4, 0.5) is 10.3 Å². The number of hydrogen-bond acceptors (Lipinski definition) is 5. The number of aromatic nitrogens is 2. The van der Waals surface area contributed by atoms with Crippen molar-refractivity contribution in [1.29, 1.82) is 0 Å².